The van der Waals surface area contributed by atoms with Crippen LogP contribution in [0.25, 0.3) is 0 Å². The van der Waals surface area contributed by atoms with Gasteiger partial charge in [0.15, 0.2) is 15.0 Å². The molecular weight excluding hydrogens is 372 g/mol. The molecule has 0 N–H and O–H groups in total. The number of carbonyl (C=O) groups excluding carboxylic acids is 1. The predicted molar refractivity (Wildman–Crippen MR) is 106 cm³/mol. The van der Waals surface area contributed by atoms with Gasteiger partial charge in [-0.3, -0.25) is 4.99 Å². The van der Waals surface area contributed by atoms with E-state index in [1.807, 2.05) is 12.1 Å². The van der Waals surface area contributed by atoms with Crippen LogP contribution in [0.15, 0.2) is 29.3 Å². The van der Waals surface area contributed by atoms with Crippen LogP contribution in [0, 0.1) is 0 Å². The second kappa shape index (κ2) is 8.00. The van der Waals surface area contributed by atoms with Crippen LogP contribution in [-0.2, 0) is 14.6 Å². The van der Waals surface area contributed by atoms with Crippen molar-refractivity contribution in [1.82, 2.24) is 0 Å². The molecule has 2 aliphatic rings. The molecule has 0 aliphatic carbocycles. The number of ether oxygens (including phenoxy) is 1. The van der Waals surface area contributed by atoms with Crippen LogP contribution in [0.1, 0.15) is 37.0 Å². The summed E-state index contributed by atoms with van der Waals surface area (Å²) >= 11 is 1.56. The number of sulfone groups is 1. The van der Waals surface area contributed by atoms with Crippen molar-refractivity contribution in [2.75, 3.05) is 29.6 Å². The number of benzene rings is 1. The smallest absolute Gasteiger partial charge is 0.338 e. The molecule has 1 saturated heterocycles. The number of esters is 1. The Morgan fingerprint density at radius 2 is 2.00 bits per heavy atom. The third-order valence-electron chi connectivity index (χ3n) is 4.46. The van der Waals surface area contributed by atoms with Gasteiger partial charge in [-0.2, -0.15) is 0 Å². The summed E-state index contributed by atoms with van der Waals surface area (Å²) in [7, 11) is -2.95. The number of carbonyl (C=O) groups is 1. The summed E-state index contributed by atoms with van der Waals surface area (Å²) in [6.07, 6.45) is 2.06. The minimum Gasteiger partial charge on any atom is -0.462 e. The molecule has 2 aliphatic heterocycles. The largest absolute Gasteiger partial charge is 0.462 e. The standard InChI is InChI=1S/C18H24N2O4S2/c1-3-5-10-20(14-8-6-13(7-9-14)17(21)24-4-2)18-19-15-11-26(22,23)12-16(15)25-18/h6-9,15-16H,3-5,10-12H2,1-2H3/t15-,16-/m1/s1. The van der Waals surface area contributed by atoms with Crippen LogP contribution in [-0.4, -0.2) is 55.5 Å². The SMILES string of the molecule is CCCCN(C1=N[C@@H]2CS(=O)(=O)C[C@H]2S1)c1ccc(C(=O)OCC)cc1. The predicted octanol–water partition coefficient (Wildman–Crippen LogP) is 2.74. The summed E-state index contributed by atoms with van der Waals surface area (Å²) in [5.41, 5.74) is 1.48. The number of hydrogen-bond donors (Lipinski definition) is 0. The summed E-state index contributed by atoms with van der Waals surface area (Å²) in [6.45, 7) is 5.08. The van der Waals surface area contributed by atoms with E-state index in [0.717, 1.165) is 30.2 Å². The Kier molecular flexibility index (Phi) is 5.92. The Morgan fingerprint density at radius 3 is 2.62 bits per heavy atom. The first kappa shape index (κ1) is 19.2. The summed E-state index contributed by atoms with van der Waals surface area (Å²) in [4.78, 5) is 18.7. The summed E-state index contributed by atoms with van der Waals surface area (Å²) in [5, 5.41) is 0.908. The molecule has 1 aromatic carbocycles. The van der Waals surface area contributed by atoms with Gasteiger partial charge in [-0.05, 0) is 37.6 Å². The molecule has 0 aromatic heterocycles. The Hall–Kier alpha value is -1.54. The van der Waals surface area contributed by atoms with E-state index >= 15 is 0 Å². The molecule has 2 heterocycles. The van der Waals surface area contributed by atoms with Crippen LogP contribution in [0.2, 0.25) is 0 Å². The Morgan fingerprint density at radius 1 is 1.27 bits per heavy atom. The van der Waals surface area contributed by atoms with Gasteiger partial charge < -0.3 is 9.64 Å². The van der Waals surface area contributed by atoms with Gasteiger partial charge in [0.05, 0.1) is 29.7 Å². The van der Waals surface area contributed by atoms with Crippen LogP contribution >= 0.6 is 11.8 Å². The van der Waals surface area contributed by atoms with Crippen molar-refractivity contribution in [3.8, 4) is 0 Å². The molecule has 1 fully saturated rings. The number of unbranched alkanes of at least 4 members (excludes halogenated alkanes) is 1. The first-order chi connectivity index (χ1) is 12.4. The van der Waals surface area contributed by atoms with E-state index in [9.17, 15) is 13.2 Å². The van der Waals surface area contributed by atoms with Gasteiger partial charge in [0.1, 0.15) is 0 Å². The first-order valence-electron chi connectivity index (χ1n) is 8.93. The molecule has 0 bridgehead atoms. The molecule has 0 saturated carbocycles. The Labute approximate surface area is 158 Å². The lowest BCUT2D eigenvalue weighted by molar-refractivity contribution is 0.0526. The number of amidine groups is 1. The van der Waals surface area contributed by atoms with Gasteiger partial charge in [0.2, 0.25) is 0 Å². The Balaban J connectivity index is 1.80. The topological polar surface area (TPSA) is 76.0 Å². The molecule has 1 aromatic rings. The second-order valence-corrected chi connectivity index (χ2v) is 9.84. The molecule has 0 amide bonds. The average Bonchev–Trinajstić information content (AvgIpc) is 3.09. The zero-order chi connectivity index (χ0) is 18.7. The van der Waals surface area contributed by atoms with Crippen molar-refractivity contribution < 1.29 is 17.9 Å². The van der Waals surface area contributed by atoms with E-state index in [4.69, 9.17) is 9.73 Å². The van der Waals surface area contributed by atoms with Crippen LogP contribution in [0.4, 0.5) is 5.69 Å². The number of thioether (sulfide) groups is 1. The molecule has 6 nitrogen and oxygen atoms in total. The average molecular weight is 397 g/mol. The van der Waals surface area contributed by atoms with Gasteiger partial charge in [-0.25, -0.2) is 13.2 Å². The minimum absolute atomic E-state index is 0.0259. The van der Waals surface area contributed by atoms with E-state index in [2.05, 4.69) is 11.8 Å². The highest BCUT2D eigenvalue weighted by Gasteiger charge is 2.43. The number of anilines is 1. The lowest BCUT2D eigenvalue weighted by Gasteiger charge is -2.24. The van der Waals surface area contributed by atoms with Gasteiger partial charge >= 0.3 is 5.97 Å². The maximum atomic E-state index is 11.8. The van der Waals surface area contributed by atoms with Crippen molar-refractivity contribution in [3.05, 3.63) is 29.8 Å². The van der Waals surface area contributed by atoms with Crippen molar-refractivity contribution >= 4 is 38.4 Å². The van der Waals surface area contributed by atoms with Gasteiger partial charge in [0.25, 0.3) is 0 Å². The van der Waals surface area contributed by atoms with Crippen LogP contribution in [0.3, 0.4) is 0 Å². The quantitative estimate of drug-likeness (QED) is 0.688. The lowest BCUT2D eigenvalue weighted by atomic mass is 10.2. The molecule has 0 radical (unpaired) electrons. The highest BCUT2D eigenvalue weighted by molar-refractivity contribution is 8.15. The Bertz CT molecular complexity index is 790. The third kappa shape index (κ3) is 4.23. The number of rotatable bonds is 6. The minimum atomic E-state index is -2.95. The van der Waals surface area contributed by atoms with Crippen LogP contribution in [0.5, 0.6) is 0 Å². The highest BCUT2D eigenvalue weighted by atomic mass is 32.2. The van der Waals surface area contributed by atoms with Crippen molar-refractivity contribution in [2.24, 2.45) is 4.99 Å². The lowest BCUT2D eigenvalue weighted by Crippen LogP contribution is -2.29. The fraction of sp³-hybridized carbons (Fsp3) is 0.556. The normalized spacial score (nSPS) is 23.4. The fourth-order valence-corrected chi connectivity index (χ4v) is 6.92. The van der Waals surface area contributed by atoms with Gasteiger partial charge in [-0.1, -0.05) is 25.1 Å². The molecule has 26 heavy (non-hydrogen) atoms. The van der Waals surface area contributed by atoms with Gasteiger partial charge in [-0.15, -0.1) is 0 Å². The maximum Gasteiger partial charge on any atom is 0.338 e. The van der Waals surface area contributed by atoms with Crippen molar-refractivity contribution in [3.63, 3.8) is 0 Å². The maximum absolute atomic E-state index is 11.8. The highest BCUT2D eigenvalue weighted by Crippen LogP contribution is 2.37. The summed E-state index contributed by atoms with van der Waals surface area (Å²) in [5.74, 6) is 0.0301. The van der Waals surface area contributed by atoms with Crippen molar-refractivity contribution in [1.29, 1.82) is 0 Å². The van der Waals surface area contributed by atoms with E-state index < -0.39 is 9.84 Å². The number of hydrogen-bond acceptors (Lipinski definition) is 7. The molecular formula is C18H24N2O4S2. The monoisotopic (exact) mass is 396 g/mol. The molecule has 2 atom stereocenters. The molecule has 0 spiro atoms. The van der Waals surface area contributed by atoms with Gasteiger partial charge in [0, 0.05) is 17.5 Å². The fourth-order valence-electron chi connectivity index (χ4n) is 3.11. The molecule has 8 heteroatoms. The van der Waals surface area contributed by atoms with E-state index in [-0.39, 0.29) is 28.8 Å². The zero-order valence-corrected chi connectivity index (χ0v) is 16.7. The number of fused-ring (bicyclic) bond motifs is 1. The van der Waals surface area contributed by atoms with Crippen molar-refractivity contribution in [2.45, 2.75) is 38.0 Å². The zero-order valence-electron chi connectivity index (χ0n) is 15.1. The van der Waals surface area contributed by atoms with E-state index in [1.165, 1.54) is 0 Å². The summed E-state index contributed by atoms with van der Waals surface area (Å²) < 4.78 is 28.6. The second-order valence-electron chi connectivity index (χ2n) is 6.48. The van der Waals surface area contributed by atoms with Crippen LogP contribution < -0.4 is 4.90 Å². The first-order valence-corrected chi connectivity index (χ1v) is 11.6. The number of nitrogens with zero attached hydrogens (tertiary/aromatic N) is 2. The van der Waals surface area contributed by atoms with E-state index in [1.54, 1.807) is 30.8 Å². The summed E-state index contributed by atoms with van der Waals surface area (Å²) in [6, 6.07) is 7.18. The number of aliphatic imine (C=N–C) groups is 1. The molecule has 142 valence electrons. The molecule has 0 unspecified atom stereocenters. The molecule has 3 rings (SSSR count). The third-order valence-corrected chi connectivity index (χ3v) is 7.71. The van der Waals surface area contributed by atoms with E-state index in [0.29, 0.717) is 12.2 Å².